The van der Waals surface area contributed by atoms with Crippen LogP contribution in [0.15, 0.2) is 84.9 Å². The van der Waals surface area contributed by atoms with Crippen LogP contribution in [0.4, 0.5) is 0 Å². The maximum atomic E-state index is 14.4. The maximum Gasteiger partial charge on any atom is 0.197 e. The lowest BCUT2D eigenvalue weighted by atomic mass is 9.68. The number of fused-ring (bicyclic) bond motifs is 1. The second-order valence-corrected chi connectivity index (χ2v) is 12.3. The Hall–Kier alpha value is -4.49. The molecule has 5 aromatic rings. The molecule has 42 heavy (non-hydrogen) atoms. The average molecular weight is 564 g/mol. The van der Waals surface area contributed by atoms with E-state index < -0.39 is 16.9 Å². The van der Waals surface area contributed by atoms with E-state index in [1.165, 1.54) is 11.9 Å². The Bertz CT molecular complexity index is 1720. The van der Waals surface area contributed by atoms with Crippen LogP contribution in [0.3, 0.4) is 0 Å². The number of phenolic OH excluding ortho intramolecular Hbond substituents is 1. The number of ether oxygens (including phenoxy) is 1. The van der Waals surface area contributed by atoms with Crippen LogP contribution in [0.1, 0.15) is 67.2 Å². The van der Waals surface area contributed by atoms with Gasteiger partial charge < -0.3 is 14.9 Å². The highest BCUT2D eigenvalue weighted by Gasteiger charge is 2.42. The topological polar surface area (TPSA) is 97.5 Å². The number of aliphatic hydroxyl groups excluding tert-OH is 1. The smallest absolute Gasteiger partial charge is 0.197 e. The van der Waals surface area contributed by atoms with Crippen molar-refractivity contribution in [3.63, 3.8) is 0 Å². The number of hydrogen-bond donors (Lipinski definition) is 2. The van der Waals surface area contributed by atoms with E-state index in [1.54, 1.807) is 12.1 Å². The van der Waals surface area contributed by atoms with Crippen molar-refractivity contribution in [1.82, 2.24) is 15.0 Å². The molecule has 0 bridgehead atoms. The third-order valence-corrected chi connectivity index (χ3v) is 7.86. The molecule has 216 valence electrons. The second-order valence-electron chi connectivity index (χ2n) is 12.3. The number of aliphatic hydroxyl groups is 1. The summed E-state index contributed by atoms with van der Waals surface area (Å²) < 4.78 is 5.92. The Morgan fingerprint density at radius 2 is 1.43 bits per heavy atom. The summed E-state index contributed by atoms with van der Waals surface area (Å²) >= 11 is 0. The van der Waals surface area contributed by atoms with E-state index in [4.69, 9.17) is 4.74 Å². The van der Waals surface area contributed by atoms with Gasteiger partial charge in [-0.2, -0.15) is 0 Å². The minimum absolute atomic E-state index is 0.0804. The fraction of sp³-hybridized carbons (Fsp3) is 0.286. The van der Waals surface area contributed by atoms with Crippen molar-refractivity contribution in [1.29, 1.82) is 0 Å². The van der Waals surface area contributed by atoms with Crippen molar-refractivity contribution in [3.8, 4) is 17.2 Å². The number of carbonyl (C=O) groups is 1. The van der Waals surface area contributed by atoms with E-state index in [0.29, 0.717) is 28.6 Å². The molecule has 4 aromatic carbocycles. The molecule has 7 heteroatoms. The van der Waals surface area contributed by atoms with Crippen molar-refractivity contribution in [2.75, 3.05) is 7.11 Å². The number of rotatable bonds is 8. The van der Waals surface area contributed by atoms with Gasteiger partial charge in [0.1, 0.15) is 11.0 Å². The van der Waals surface area contributed by atoms with Gasteiger partial charge >= 0.3 is 0 Å². The minimum atomic E-state index is -0.892. The molecule has 1 heterocycles. The van der Waals surface area contributed by atoms with Crippen LogP contribution < -0.4 is 4.74 Å². The predicted molar refractivity (Wildman–Crippen MR) is 165 cm³/mol. The fourth-order valence-corrected chi connectivity index (χ4v) is 5.73. The van der Waals surface area contributed by atoms with Crippen LogP contribution in [0.2, 0.25) is 0 Å². The molecule has 1 unspecified atom stereocenters. The average Bonchev–Trinajstić information content (AvgIpc) is 3.40. The molecule has 0 amide bonds. The zero-order valence-corrected chi connectivity index (χ0v) is 24.9. The minimum Gasteiger partial charge on any atom is -0.505 e. The van der Waals surface area contributed by atoms with Gasteiger partial charge in [-0.15, -0.1) is 15.0 Å². The zero-order chi connectivity index (χ0) is 30.2. The quantitative estimate of drug-likeness (QED) is 0.205. The number of aromatic nitrogens is 3. The van der Waals surface area contributed by atoms with Gasteiger partial charge in [0, 0.05) is 16.5 Å². The van der Waals surface area contributed by atoms with Crippen molar-refractivity contribution in [2.24, 2.45) is 5.41 Å². The molecule has 0 saturated carbocycles. The molecule has 2 N–H and O–H groups in total. The molecular formula is C35H37N3O4. The monoisotopic (exact) mass is 563 g/mol. The van der Waals surface area contributed by atoms with E-state index >= 15 is 0 Å². The molecule has 0 aliphatic rings. The van der Waals surface area contributed by atoms with Gasteiger partial charge in [0.2, 0.25) is 0 Å². The van der Waals surface area contributed by atoms with Gasteiger partial charge in [0.15, 0.2) is 23.0 Å². The molecule has 5 rings (SSSR count). The summed E-state index contributed by atoms with van der Waals surface area (Å²) in [5.41, 5.74) is 3.04. The number of benzene rings is 4. The van der Waals surface area contributed by atoms with Gasteiger partial charge in [-0.05, 0) is 41.2 Å². The van der Waals surface area contributed by atoms with Gasteiger partial charge in [0.05, 0.1) is 18.8 Å². The number of methoxy groups -OCH3 is 1. The van der Waals surface area contributed by atoms with Crippen LogP contribution in [0, 0.1) is 5.41 Å². The Kier molecular flexibility index (Phi) is 7.64. The summed E-state index contributed by atoms with van der Waals surface area (Å²) in [4.78, 5) is 15.7. The van der Waals surface area contributed by atoms with Crippen LogP contribution >= 0.6 is 0 Å². The molecular weight excluding hydrogens is 526 g/mol. The zero-order valence-electron chi connectivity index (χ0n) is 24.9. The first-order valence-electron chi connectivity index (χ1n) is 14.0. The van der Waals surface area contributed by atoms with Crippen molar-refractivity contribution < 1.29 is 19.7 Å². The highest BCUT2D eigenvalue weighted by molar-refractivity contribution is 6.12. The molecule has 1 atom stereocenters. The Morgan fingerprint density at radius 3 is 2.02 bits per heavy atom. The molecule has 0 saturated heterocycles. The largest absolute Gasteiger partial charge is 0.505 e. The molecule has 0 radical (unpaired) electrons. The third kappa shape index (κ3) is 5.28. The standard InChI is InChI=1S/C35H37N3O4/c1-34(2,3)33(41)35(4,5)26-21-25(30(39)24-17-11-10-16-23(24)20-22-14-8-7-9-15-22)31(40)29(32(26)42-6)38-36-27-18-12-13-19-28(27)37-38/h7-19,21,33,40-41H,20H2,1-6H3. The predicted octanol–water partition coefficient (Wildman–Crippen LogP) is 6.64. The van der Waals surface area contributed by atoms with E-state index in [-0.39, 0.29) is 28.5 Å². The highest BCUT2D eigenvalue weighted by Crippen LogP contribution is 2.47. The molecule has 0 fully saturated rings. The van der Waals surface area contributed by atoms with Crippen molar-refractivity contribution in [2.45, 2.75) is 52.6 Å². The number of phenols is 1. The second kappa shape index (κ2) is 11.1. The van der Waals surface area contributed by atoms with Crippen molar-refractivity contribution in [3.05, 3.63) is 113 Å². The number of hydrogen-bond acceptors (Lipinski definition) is 6. The lowest BCUT2D eigenvalue weighted by Crippen LogP contribution is -2.43. The number of aromatic hydroxyl groups is 1. The fourth-order valence-electron chi connectivity index (χ4n) is 5.73. The number of ketones is 1. The van der Waals surface area contributed by atoms with E-state index in [2.05, 4.69) is 10.2 Å². The normalized spacial score (nSPS) is 12.8. The summed E-state index contributed by atoms with van der Waals surface area (Å²) in [6.45, 7) is 9.70. The van der Waals surface area contributed by atoms with Crippen LogP contribution in [-0.2, 0) is 11.8 Å². The first-order valence-corrected chi connectivity index (χ1v) is 14.0. The summed E-state index contributed by atoms with van der Waals surface area (Å²) in [5, 5.41) is 32.6. The summed E-state index contributed by atoms with van der Waals surface area (Å²) in [6.07, 6.45) is -0.269. The Morgan fingerprint density at radius 1 is 0.857 bits per heavy atom. The third-order valence-electron chi connectivity index (χ3n) is 7.86. The highest BCUT2D eigenvalue weighted by atomic mass is 16.5. The van der Waals surface area contributed by atoms with E-state index in [1.807, 2.05) is 107 Å². The summed E-state index contributed by atoms with van der Waals surface area (Å²) in [7, 11) is 1.50. The summed E-state index contributed by atoms with van der Waals surface area (Å²) in [6, 6.07) is 26.4. The van der Waals surface area contributed by atoms with Crippen molar-refractivity contribution >= 4 is 16.8 Å². The van der Waals surface area contributed by atoms with Gasteiger partial charge in [-0.1, -0.05) is 101 Å². The Balaban J connectivity index is 1.76. The molecule has 0 aliphatic heterocycles. The molecule has 1 aromatic heterocycles. The van der Waals surface area contributed by atoms with Crippen LogP contribution in [0.25, 0.3) is 16.7 Å². The van der Waals surface area contributed by atoms with E-state index in [0.717, 1.165) is 11.1 Å². The molecule has 0 spiro atoms. The van der Waals surface area contributed by atoms with E-state index in [9.17, 15) is 15.0 Å². The lowest BCUT2D eigenvalue weighted by Gasteiger charge is -2.40. The SMILES string of the molecule is COc1c(C(C)(C)C(O)C(C)(C)C)cc(C(=O)c2ccccc2Cc2ccccc2)c(O)c1-n1nc2ccccc2n1. The molecule has 7 nitrogen and oxygen atoms in total. The molecule has 0 aliphatic carbocycles. The van der Waals surface area contributed by atoms with Crippen LogP contribution in [-0.4, -0.2) is 44.2 Å². The van der Waals surface area contributed by atoms with Gasteiger partial charge in [-0.25, -0.2) is 0 Å². The number of nitrogens with zero attached hydrogens (tertiary/aromatic N) is 3. The maximum absolute atomic E-state index is 14.4. The lowest BCUT2D eigenvalue weighted by molar-refractivity contribution is 0.00459. The number of carbonyl (C=O) groups excluding carboxylic acids is 1. The van der Waals surface area contributed by atoms with Gasteiger partial charge in [0.25, 0.3) is 0 Å². The first kappa shape index (κ1) is 29.0. The Labute approximate surface area is 246 Å². The first-order chi connectivity index (χ1) is 19.9. The summed E-state index contributed by atoms with van der Waals surface area (Å²) in [5.74, 6) is -0.353. The van der Waals surface area contributed by atoms with Crippen LogP contribution in [0.5, 0.6) is 11.5 Å². The van der Waals surface area contributed by atoms with Gasteiger partial charge in [-0.3, -0.25) is 4.79 Å².